The Balaban J connectivity index is 1.85. The van der Waals surface area contributed by atoms with E-state index >= 15 is 0 Å². The predicted molar refractivity (Wildman–Crippen MR) is 107 cm³/mol. The molecule has 0 aliphatic carbocycles. The van der Waals surface area contributed by atoms with Crippen molar-refractivity contribution in [2.45, 2.75) is 6.92 Å². The molecule has 3 aromatic heterocycles. The van der Waals surface area contributed by atoms with Crippen LogP contribution >= 0.6 is 34.3 Å². The molecule has 26 heavy (non-hydrogen) atoms. The fourth-order valence-electron chi connectivity index (χ4n) is 2.44. The molecule has 1 aromatic carbocycles. The second-order valence-electron chi connectivity index (χ2n) is 5.44. The lowest BCUT2D eigenvalue weighted by atomic mass is 10.2. The largest absolute Gasteiger partial charge is 0.404 e. The first kappa shape index (κ1) is 17.0. The molecule has 0 saturated carbocycles. The summed E-state index contributed by atoms with van der Waals surface area (Å²) in [6.07, 6.45) is 0. The van der Waals surface area contributed by atoms with Crippen molar-refractivity contribution >= 4 is 61.8 Å². The zero-order chi connectivity index (χ0) is 18.1. The van der Waals surface area contributed by atoms with E-state index in [1.165, 1.54) is 18.3 Å². The van der Waals surface area contributed by atoms with Crippen molar-refractivity contribution in [3.8, 4) is 16.3 Å². The van der Waals surface area contributed by atoms with Gasteiger partial charge in [0.15, 0.2) is 5.82 Å². The molecule has 0 spiro atoms. The van der Waals surface area contributed by atoms with Gasteiger partial charge >= 0.3 is 5.97 Å². The topological polar surface area (TPSA) is 64.1 Å². The van der Waals surface area contributed by atoms with Crippen LogP contribution in [0.15, 0.2) is 47.2 Å². The Labute approximate surface area is 162 Å². The minimum absolute atomic E-state index is 0.216. The van der Waals surface area contributed by atoms with Crippen LogP contribution in [0.2, 0.25) is 5.02 Å². The summed E-state index contributed by atoms with van der Waals surface area (Å²) < 4.78 is 6.00. The van der Waals surface area contributed by atoms with E-state index in [1.807, 2.05) is 47.2 Å². The van der Waals surface area contributed by atoms with E-state index in [4.69, 9.17) is 16.3 Å². The number of fused-ring (bicyclic) bond motifs is 1. The van der Waals surface area contributed by atoms with E-state index in [-0.39, 0.29) is 5.88 Å². The van der Waals surface area contributed by atoms with Crippen molar-refractivity contribution in [3.63, 3.8) is 0 Å². The highest BCUT2D eigenvalue weighted by Crippen LogP contribution is 2.41. The Morgan fingerprint density at radius 1 is 1.19 bits per heavy atom. The molecule has 0 atom stereocenters. The van der Waals surface area contributed by atoms with E-state index in [2.05, 4.69) is 15.5 Å². The van der Waals surface area contributed by atoms with Gasteiger partial charge in [0.2, 0.25) is 0 Å². The van der Waals surface area contributed by atoms with Crippen LogP contribution in [-0.4, -0.2) is 16.2 Å². The first-order valence-electron chi connectivity index (χ1n) is 7.64. The van der Waals surface area contributed by atoms with Gasteiger partial charge in [0.1, 0.15) is 4.70 Å². The van der Waals surface area contributed by atoms with Crippen LogP contribution in [0.25, 0.3) is 20.5 Å². The van der Waals surface area contributed by atoms with Crippen LogP contribution in [0, 0.1) is 0 Å². The second-order valence-corrected chi connectivity index (χ2v) is 7.71. The first-order valence-corrected chi connectivity index (χ1v) is 9.77. The number of halogens is 1. The highest BCUT2D eigenvalue weighted by molar-refractivity contribution is 7.22. The molecule has 0 fully saturated rings. The van der Waals surface area contributed by atoms with E-state index in [9.17, 15) is 4.79 Å². The molecule has 4 rings (SSSR count). The molecule has 8 heteroatoms. The van der Waals surface area contributed by atoms with E-state index in [0.29, 0.717) is 10.8 Å². The number of carbonyl (C=O) groups excluding carboxylic acids is 1. The lowest BCUT2D eigenvalue weighted by Crippen LogP contribution is -2.05. The molecule has 0 amide bonds. The van der Waals surface area contributed by atoms with Crippen molar-refractivity contribution in [1.82, 2.24) is 10.2 Å². The molecule has 5 nitrogen and oxygen atoms in total. The molecule has 3 heterocycles. The van der Waals surface area contributed by atoms with Gasteiger partial charge in [0, 0.05) is 27.6 Å². The minimum atomic E-state index is -0.430. The van der Waals surface area contributed by atoms with Crippen LogP contribution in [0.5, 0.6) is 5.88 Å². The maximum atomic E-state index is 11.4. The van der Waals surface area contributed by atoms with Crippen molar-refractivity contribution < 1.29 is 9.53 Å². The molecule has 0 bridgehead atoms. The summed E-state index contributed by atoms with van der Waals surface area (Å²) in [6, 6.07) is 11.6. The zero-order valence-corrected chi connectivity index (χ0v) is 15.9. The molecule has 0 radical (unpaired) electrons. The van der Waals surface area contributed by atoms with Crippen molar-refractivity contribution in [2.24, 2.45) is 0 Å². The van der Waals surface area contributed by atoms with Crippen LogP contribution < -0.4 is 10.1 Å². The monoisotopic (exact) mass is 401 g/mol. The summed E-state index contributed by atoms with van der Waals surface area (Å²) in [7, 11) is 0. The Morgan fingerprint density at radius 2 is 2.00 bits per heavy atom. The highest BCUT2D eigenvalue weighted by Gasteiger charge is 2.17. The van der Waals surface area contributed by atoms with Gasteiger partial charge < -0.3 is 10.1 Å². The molecule has 0 aliphatic rings. The van der Waals surface area contributed by atoms with E-state index < -0.39 is 5.97 Å². The number of anilines is 2. The van der Waals surface area contributed by atoms with Gasteiger partial charge in [-0.1, -0.05) is 23.7 Å². The van der Waals surface area contributed by atoms with Crippen LogP contribution in [0.1, 0.15) is 6.92 Å². The predicted octanol–water partition coefficient (Wildman–Crippen LogP) is 5.74. The molecule has 0 unspecified atom stereocenters. The van der Waals surface area contributed by atoms with Gasteiger partial charge in [-0.05, 0) is 35.2 Å². The number of thiophene rings is 2. The lowest BCUT2D eigenvalue weighted by molar-refractivity contribution is -0.132. The lowest BCUT2D eigenvalue weighted by Gasteiger charge is -2.06. The fourth-order valence-corrected chi connectivity index (χ4v) is 4.24. The van der Waals surface area contributed by atoms with Crippen LogP contribution in [-0.2, 0) is 4.79 Å². The Morgan fingerprint density at radius 3 is 2.69 bits per heavy atom. The van der Waals surface area contributed by atoms with Crippen molar-refractivity contribution in [3.05, 3.63) is 52.2 Å². The van der Waals surface area contributed by atoms with E-state index in [0.717, 1.165) is 26.2 Å². The summed E-state index contributed by atoms with van der Waals surface area (Å²) in [6.45, 7) is 1.35. The van der Waals surface area contributed by atoms with Gasteiger partial charge in [0.05, 0.1) is 5.69 Å². The average molecular weight is 402 g/mol. The molecular formula is C18H12ClN3O2S2. The summed E-state index contributed by atoms with van der Waals surface area (Å²) in [5.74, 6) is 0.403. The zero-order valence-electron chi connectivity index (χ0n) is 13.5. The number of rotatable bonds is 4. The van der Waals surface area contributed by atoms with Gasteiger partial charge in [-0.25, -0.2) is 0 Å². The summed E-state index contributed by atoms with van der Waals surface area (Å²) >= 11 is 9.06. The molecule has 0 aliphatic heterocycles. The summed E-state index contributed by atoms with van der Waals surface area (Å²) in [5, 5.41) is 17.0. The SMILES string of the molecule is CC(=O)Oc1nnc(Nc2ccsc2)c2cc(-c3ccc(Cl)cc3)sc12. The minimum Gasteiger partial charge on any atom is -0.404 e. The smallest absolute Gasteiger partial charge is 0.309 e. The number of aromatic nitrogens is 2. The third-order valence-corrected chi connectivity index (χ3v) is 5.68. The van der Waals surface area contributed by atoms with Crippen molar-refractivity contribution in [1.29, 1.82) is 0 Å². The van der Waals surface area contributed by atoms with Crippen LogP contribution in [0.4, 0.5) is 11.5 Å². The van der Waals surface area contributed by atoms with Gasteiger partial charge in [-0.3, -0.25) is 4.79 Å². The van der Waals surface area contributed by atoms with Gasteiger partial charge in [0.25, 0.3) is 5.88 Å². The number of ether oxygens (including phenoxy) is 1. The normalized spacial score (nSPS) is 10.8. The molecule has 130 valence electrons. The Kier molecular flexibility index (Phi) is 4.58. The highest BCUT2D eigenvalue weighted by atomic mass is 35.5. The van der Waals surface area contributed by atoms with Gasteiger partial charge in [-0.15, -0.1) is 21.5 Å². The molecular weight excluding hydrogens is 390 g/mol. The number of hydrogen-bond donors (Lipinski definition) is 1. The first-order chi connectivity index (χ1) is 12.6. The third-order valence-electron chi connectivity index (χ3n) is 3.58. The van der Waals surface area contributed by atoms with Gasteiger partial charge in [-0.2, -0.15) is 11.3 Å². The molecule has 1 N–H and O–H groups in total. The van der Waals surface area contributed by atoms with E-state index in [1.54, 1.807) is 11.3 Å². The third kappa shape index (κ3) is 3.41. The number of nitrogens with zero attached hydrogens (tertiary/aromatic N) is 2. The summed E-state index contributed by atoms with van der Waals surface area (Å²) in [4.78, 5) is 12.4. The maximum Gasteiger partial charge on any atom is 0.309 e. The Hall–Kier alpha value is -2.48. The number of benzene rings is 1. The second kappa shape index (κ2) is 7.03. The van der Waals surface area contributed by atoms with Crippen molar-refractivity contribution in [2.75, 3.05) is 5.32 Å². The molecule has 0 saturated heterocycles. The Bertz CT molecular complexity index is 1080. The fraction of sp³-hybridized carbons (Fsp3) is 0.0556. The average Bonchev–Trinajstić information content (AvgIpc) is 3.27. The quantitative estimate of drug-likeness (QED) is 0.441. The maximum absolute atomic E-state index is 11.4. The number of nitrogens with one attached hydrogen (secondary N) is 1. The van der Waals surface area contributed by atoms with Crippen LogP contribution in [0.3, 0.4) is 0 Å². The number of carbonyl (C=O) groups is 1. The number of hydrogen-bond acceptors (Lipinski definition) is 7. The number of esters is 1. The standard InChI is InChI=1S/C18H12ClN3O2S2/c1-10(23)24-18-16-14(17(21-22-18)20-13-6-7-25-9-13)8-15(26-16)11-2-4-12(19)5-3-11/h2-9H,1H3,(H,20,21). The molecule has 4 aromatic rings. The summed E-state index contributed by atoms with van der Waals surface area (Å²) in [5.41, 5.74) is 1.95.